The quantitative estimate of drug-likeness (QED) is 0.836. The van der Waals surface area contributed by atoms with E-state index in [0.717, 1.165) is 30.9 Å². The second-order valence-corrected chi connectivity index (χ2v) is 5.86. The Hall–Kier alpha value is -1.65. The molecule has 0 saturated heterocycles. The molecule has 1 aliphatic rings. The number of amides is 1. The third-order valence-corrected chi connectivity index (χ3v) is 4.41. The minimum atomic E-state index is -0.858. The summed E-state index contributed by atoms with van der Waals surface area (Å²) in [6, 6.07) is 1.76. The standard InChI is InChI=1S/C16H22F2N2O/c1-2-10-3-5-11(6-4-10)9-20-16(21)13-7-12(17)8-14(19)15(13)18/h7-8,10-11H,2-6,9,19H2,1H3,(H,20,21). The predicted octanol–water partition coefficient (Wildman–Crippen LogP) is 3.49. The minimum Gasteiger partial charge on any atom is -0.396 e. The van der Waals surface area contributed by atoms with E-state index in [1.165, 1.54) is 19.3 Å². The van der Waals surface area contributed by atoms with Crippen LogP contribution in [0.5, 0.6) is 0 Å². The number of carbonyl (C=O) groups excluding carboxylic acids is 1. The van der Waals surface area contributed by atoms with Crippen molar-refractivity contribution in [1.29, 1.82) is 0 Å². The van der Waals surface area contributed by atoms with Gasteiger partial charge in [0.1, 0.15) is 5.82 Å². The number of rotatable bonds is 4. The van der Waals surface area contributed by atoms with E-state index in [1.54, 1.807) is 0 Å². The van der Waals surface area contributed by atoms with E-state index in [2.05, 4.69) is 12.2 Å². The predicted molar refractivity (Wildman–Crippen MR) is 78.8 cm³/mol. The fourth-order valence-electron chi connectivity index (χ4n) is 2.95. The zero-order valence-corrected chi connectivity index (χ0v) is 12.3. The first-order chi connectivity index (χ1) is 10.0. The van der Waals surface area contributed by atoms with Gasteiger partial charge in [0.05, 0.1) is 11.3 Å². The molecular weight excluding hydrogens is 274 g/mol. The second kappa shape index (κ2) is 6.87. The molecule has 1 aromatic carbocycles. The molecular formula is C16H22F2N2O. The Balaban J connectivity index is 1.91. The molecule has 0 atom stereocenters. The minimum absolute atomic E-state index is 0.324. The largest absolute Gasteiger partial charge is 0.396 e. The Morgan fingerprint density at radius 1 is 1.24 bits per heavy atom. The topological polar surface area (TPSA) is 55.1 Å². The first-order valence-corrected chi connectivity index (χ1v) is 7.54. The number of nitrogens with two attached hydrogens (primary N) is 1. The van der Waals surface area contributed by atoms with Crippen LogP contribution in [0.4, 0.5) is 14.5 Å². The molecule has 1 fully saturated rings. The maximum absolute atomic E-state index is 13.7. The Labute approximate surface area is 123 Å². The van der Waals surface area contributed by atoms with Crippen molar-refractivity contribution in [2.45, 2.75) is 39.0 Å². The van der Waals surface area contributed by atoms with E-state index in [-0.39, 0.29) is 11.3 Å². The first-order valence-electron chi connectivity index (χ1n) is 7.54. The lowest BCUT2D eigenvalue weighted by Gasteiger charge is -2.27. The van der Waals surface area contributed by atoms with Crippen LogP contribution in [0, 0.1) is 23.5 Å². The summed E-state index contributed by atoms with van der Waals surface area (Å²) in [6.07, 6.45) is 5.71. The number of halogens is 2. The molecule has 1 aliphatic carbocycles. The molecule has 0 spiro atoms. The average molecular weight is 296 g/mol. The Morgan fingerprint density at radius 3 is 2.48 bits per heavy atom. The molecule has 3 nitrogen and oxygen atoms in total. The molecule has 21 heavy (non-hydrogen) atoms. The smallest absolute Gasteiger partial charge is 0.254 e. The highest BCUT2D eigenvalue weighted by atomic mass is 19.1. The van der Waals surface area contributed by atoms with Crippen LogP contribution in [0.15, 0.2) is 12.1 Å². The third-order valence-electron chi connectivity index (χ3n) is 4.41. The SMILES string of the molecule is CCC1CCC(CNC(=O)c2cc(F)cc(N)c2F)CC1. The van der Waals surface area contributed by atoms with Crippen LogP contribution in [0.3, 0.4) is 0 Å². The van der Waals surface area contributed by atoms with Gasteiger partial charge in [0, 0.05) is 6.54 Å². The fourth-order valence-corrected chi connectivity index (χ4v) is 2.95. The number of anilines is 1. The molecule has 0 heterocycles. The van der Waals surface area contributed by atoms with E-state index < -0.39 is 17.5 Å². The summed E-state index contributed by atoms with van der Waals surface area (Å²) in [5, 5.41) is 2.70. The molecule has 2 rings (SSSR count). The van der Waals surface area contributed by atoms with E-state index in [4.69, 9.17) is 5.73 Å². The summed E-state index contributed by atoms with van der Waals surface area (Å²) in [6.45, 7) is 2.70. The Bertz CT molecular complexity index is 511. The van der Waals surface area contributed by atoms with Gasteiger partial charge >= 0.3 is 0 Å². The van der Waals surface area contributed by atoms with Gasteiger partial charge in [0.15, 0.2) is 5.82 Å². The van der Waals surface area contributed by atoms with Gasteiger partial charge in [-0.15, -0.1) is 0 Å². The van der Waals surface area contributed by atoms with Crippen LogP contribution in [-0.2, 0) is 0 Å². The highest BCUT2D eigenvalue weighted by Gasteiger charge is 2.21. The van der Waals surface area contributed by atoms with Crippen LogP contribution < -0.4 is 11.1 Å². The number of hydrogen-bond acceptors (Lipinski definition) is 2. The summed E-state index contributed by atoms with van der Waals surface area (Å²) < 4.78 is 27.0. The zero-order valence-electron chi connectivity index (χ0n) is 12.3. The zero-order chi connectivity index (χ0) is 15.4. The molecule has 3 N–H and O–H groups in total. The molecule has 0 aliphatic heterocycles. The lowest BCUT2D eigenvalue weighted by atomic mass is 9.81. The molecule has 0 bridgehead atoms. The van der Waals surface area contributed by atoms with E-state index >= 15 is 0 Å². The number of benzene rings is 1. The van der Waals surface area contributed by atoms with E-state index in [1.807, 2.05) is 0 Å². The molecule has 0 aromatic heterocycles. The number of hydrogen-bond donors (Lipinski definition) is 2. The van der Waals surface area contributed by atoms with Crippen LogP contribution in [0.25, 0.3) is 0 Å². The Morgan fingerprint density at radius 2 is 1.86 bits per heavy atom. The van der Waals surface area contributed by atoms with Crippen molar-refractivity contribution in [1.82, 2.24) is 5.32 Å². The summed E-state index contributed by atoms with van der Waals surface area (Å²) in [5.41, 5.74) is 4.67. The molecule has 0 radical (unpaired) electrons. The number of nitrogens with one attached hydrogen (secondary N) is 1. The number of carbonyl (C=O) groups is 1. The van der Waals surface area contributed by atoms with E-state index in [9.17, 15) is 13.6 Å². The maximum Gasteiger partial charge on any atom is 0.254 e. The normalized spacial score (nSPS) is 22.0. The summed E-state index contributed by atoms with van der Waals surface area (Å²) in [4.78, 5) is 12.0. The van der Waals surface area contributed by atoms with Crippen molar-refractivity contribution in [2.24, 2.45) is 11.8 Å². The van der Waals surface area contributed by atoms with Gasteiger partial charge in [0.2, 0.25) is 0 Å². The molecule has 1 amide bonds. The third kappa shape index (κ3) is 3.93. The van der Waals surface area contributed by atoms with E-state index in [0.29, 0.717) is 12.5 Å². The Kier molecular flexibility index (Phi) is 5.15. The summed E-state index contributed by atoms with van der Waals surface area (Å²) in [7, 11) is 0. The van der Waals surface area contributed by atoms with Crippen LogP contribution >= 0.6 is 0 Å². The van der Waals surface area contributed by atoms with Gasteiger partial charge in [-0.3, -0.25) is 4.79 Å². The second-order valence-electron chi connectivity index (χ2n) is 5.86. The average Bonchev–Trinajstić information content (AvgIpc) is 2.49. The van der Waals surface area contributed by atoms with Crippen LogP contribution in [0.1, 0.15) is 49.4 Å². The maximum atomic E-state index is 13.7. The van der Waals surface area contributed by atoms with Crippen molar-refractivity contribution >= 4 is 11.6 Å². The summed E-state index contributed by atoms with van der Waals surface area (Å²) in [5.74, 6) is -0.953. The van der Waals surface area contributed by atoms with Gasteiger partial charge in [-0.05, 0) is 36.8 Å². The first kappa shape index (κ1) is 15.7. The molecule has 5 heteroatoms. The van der Waals surface area contributed by atoms with Crippen molar-refractivity contribution < 1.29 is 13.6 Å². The van der Waals surface area contributed by atoms with Gasteiger partial charge in [0.25, 0.3) is 5.91 Å². The highest BCUT2D eigenvalue weighted by Crippen LogP contribution is 2.30. The summed E-state index contributed by atoms with van der Waals surface area (Å²) >= 11 is 0. The van der Waals surface area contributed by atoms with Crippen molar-refractivity contribution in [3.05, 3.63) is 29.3 Å². The van der Waals surface area contributed by atoms with Gasteiger partial charge in [-0.2, -0.15) is 0 Å². The molecule has 1 saturated carbocycles. The lowest BCUT2D eigenvalue weighted by molar-refractivity contribution is 0.0936. The van der Waals surface area contributed by atoms with Gasteiger partial charge in [-0.25, -0.2) is 8.78 Å². The van der Waals surface area contributed by atoms with Crippen molar-refractivity contribution in [2.75, 3.05) is 12.3 Å². The molecule has 116 valence electrons. The van der Waals surface area contributed by atoms with Crippen molar-refractivity contribution in [3.63, 3.8) is 0 Å². The van der Waals surface area contributed by atoms with Gasteiger partial charge in [-0.1, -0.05) is 26.2 Å². The molecule has 1 aromatic rings. The lowest BCUT2D eigenvalue weighted by Crippen LogP contribution is -2.32. The van der Waals surface area contributed by atoms with Crippen LogP contribution in [0.2, 0.25) is 0 Å². The van der Waals surface area contributed by atoms with Crippen LogP contribution in [-0.4, -0.2) is 12.5 Å². The fraction of sp³-hybridized carbons (Fsp3) is 0.562. The van der Waals surface area contributed by atoms with Crippen molar-refractivity contribution in [3.8, 4) is 0 Å². The monoisotopic (exact) mass is 296 g/mol. The highest BCUT2D eigenvalue weighted by molar-refractivity contribution is 5.95. The number of nitrogen functional groups attached to an aromatic ring is 1. The van der Waals surface area contributed by atoms with Gasteiger partial charge < -0.3 is 11.1 Å². The molecule has 0 unspecified atom stereocenters.